The standard InChI is InChI=1S/C27H40B2O4/c1-23(2)21-15-17(28-30-24(3,4)25(5,6)31-28)11-13-19(21)20-14-12-18(16-22(20)23)29-32-26(7,8)27(9,10)33-29/h11-15,18,20,22H,16H2,1-10H3. The zero-order valence-corrected chi connectivity index (χ0v) is 22.1. The Morgan fingerprint density at radius 2 is 1.27 bits per heavy atom. The summed E-state index contributed by atoms with van der Waals surface area (Å²) in [5.74, 6) is 1.21. The van der Waals surface area contributed by atoms with Gasteiger partial charge in [-0.2, -0.15) is 0 Å². The molecule has 3 unspecified atom stereocenters. The van der Waals surface area contributed by atoms with Crippen LogP contribution in [0.2, 0.25) is 5.82 Å². The van der Waals surface area contributed by atoms with Crippen molar-refractivity contribution in [3.63, 3.8) is 0 Å². The van der Waals surface area contributed by atoms with Crippen molar-refractivity contribution in [3.8, 4) is 0 Å². The van der Waals surface area contributed by atoms with Crippen LogP contribution in [-0.4, -0.2) is 36.6 Å². The van der Waals surface area contributed by atoms with Crippen LogP contribution in [0, 0.1) is 5.92 Å². The molecule has 2 fully saturated rings. The zero-order chi connectivity index (χ0) is 24.2. The Labute approximate surface area is 201 Å². The molecule has 2 saturated heterocycles. The first-order valence-electron chi connectivity index (χ1n) is 12.6. The van der Waals surface area contributed by atoms with Gasteiger partial charge in [0.15, 0.2) is 0 Å². The Hall–Kier alpha value is -1.07. The SMILES string of the molecule is CC1(C)c2cc(B3OC(C)(C)C(C)(C)O3)ccc2C2C=CC(B3OC(C)(C)C(C)(C)O3)CC21. The maximum absolute atomic E-state index is 6.42. The van der Waals surface area contributed by atoms with Crippen LogP contribution in [-0.2, 0) is 24.0 Å². The fourth-order valence-corrected chi connectivity index (χ4v) is 5.99. The molecule has 4 aliphatic rings. The first-order chi connectivity index (χ1) is 15.1. The van der Waals surface area contributed by atoms with Gasteiger partial charge in [0.2, 0.25) is 0 Å². The van der Waals surface area contributed by atoms with E-state index in [0.717, 1.165) is 11.9 Å². The highest BCUT2D eigenvalue weighted by atomic mass is 16.7. The fraction of sp³-hybridized carbons (Fsp3) is 0.704. The van der Waals surface area contributed by atoms with Crippen molar-refractivity contribution in [1.82, 2.24) is 0 Å². The lowest BCUT2D eigenvalue weighted by Gasteiger charge is -2.36. The molecule has 0 bridgehead atoms. The van der Waals surface area contributed by atoms with Crippen LogP contribution < -0.4 is 5.46 Å². The molecule has 3 atom stereocenters. The Morgan fingerprint density at radius 3 is 1.85 bits per heavy atom. The summed E-state index contributed by atoms with van der Waals surface area (Å²) in [6, 6.07) is 6.85. The summed E-state index contributed by atoms with van der Waals surface area (Å²) in [6.45, 7) is 21.8. The fourth-order valence-electron chi connectivity index (χ4n) is 5.99. The maximum Gasteiger partial charge on any atom is 0.494 e. The quantitative estimate of drug-likeness (QED) is 0.447. The Kier molecular flexibility index (Phi) is 5.02. The molecule has 0 spiro atoms. The third-order valence-electron chi connectivity index (χ3n) is 9.73. The van der Waals surface area contributed by atoms with Gasteiger partial charge in [-0.15, -0.1) is 0 Å². The number of benzene rings is 1. The topological polar surface area (TPSA) is 36.9 Å². The minimum Gasteiger partial charge on any atom is -0.403 e. The van der Waals surface area contributed by atoms with Crippen LogP contribution in [0.3, 0.4) is 0 Å². The van der Waals surface area contributed by atoms with Crippen molar-refractivity contribution in [1.29, 1.82) is 0 Å². The predicted octanol–water partition coefficient (Wildman–Crippen LogP) is 5.40. The highest BCUT2D eigenvalue weighted by Crippen LogP contribution is 2.57. The predicted molar refractivity (Wildman–Crippen MR) is 135 cm³/mol. The number of rotatable bonds is 2. The summed E-state index contributed by atoms with van der Waals surface area (Å²) in [6.07, 6.45) is 5.81. The molecule has 5 rings (SSSR count). The first kappa shape index (κ1) is 23.7. The molecule has 1 aromatic rings. The second-order valence-electron chi connectivity index (χ2n) is 13.2. The Balaban J connectivity index is 1.41. The van der Waals surface area contributed by atoms with Crippen molar-refractivity contribution >= 4 is 19.7 Å². The van der Waals surface area contributed by atoms with Crippen LogP contribution in [0.1, 0.15) is 92.7 Å². The van der Waals surface area contributed by atoms with Crippen molar-refractivity contribution in [3.05, 3.63) is 41.5 Å². The number of fused-ring (bicyclic) bond motifs is 3. The summed E-state index contributed by atoms with van der Waals surface area (Å²) in [5.41, 5.74) is 2.76. The van der Waals surface area contributed by atoms with Crippen LogP contribution in [0.25, 0.3) is 0 Å². The molecule has 4 nitrogen and oxygen atoms in total. The van der Waals surface area contributed by atoms with Crippen molar-refractivity contribution in [2.24, 2.45) is 5.92 Å². The molecule has 178 valence electrons. The van der Waals surface area contributed by atoms with Gasteiger partial charge < -0.3 is 18.6 Å². The van der Waals surface area contributed by atoms with Gasteiger partial charge in [0.1, 0.15) is 0 Å². The van der Waals surface area contributed by atoms with Crippen molar-refractivity contribution in [2.75, 3.05) is 0 Å². The first-order valence-corrected chi connectivity index (χ1v) is 12.6. The molecule has 6 heteroatoms. The van der Waals surface area contributed by atoms with Gasteiger partial charge >= 0.3 is 14.2 Å². The van der Waals surface area contributed by atoms with Gasteiger partial charge in [0.25, 0.3) is 0 Å². The molecule has 0 aromatic heterocycles. The third-order valence-corrected chi connectivity index (χ3v) is 9.73. The van der Waals surface area contributed by atoms with E-state index in [-0.39, 0.29) is 47.9 Å². The largest absolute Gasteiger partial charge is 0.494 e. The second kappa shape index (κ2) is 7.00. The molecule has 2 aliphatic heterocycles. The molecular formula is C27H40B2O4. The van der Waals surface area contributed by atoms with Crippen molar-refractivity contribution < 1.29 is 18.6 Å². The number of allylic oxidation sites excluding steroid dienone is 2. The van der Waals surface area contributed by atoms with E-state index < -0.39 is 0 Å². The van der Waals surface area contributed by atoms with E-state index in [1.54, 1.807) is 0 Å². The van der Waals surface area contributed by atoms with E-state index in [2.05, 4.69) is 99.6 Å². The Morgan fingerprint density at radius 1 is 0.727 bits per heavy atom. The van der Waals surface area contributed by atoms with Gasteiger partial charge in [-0.3, -0.25) is 0 Å². The molecule has 2 aliphatic carbocycles. The lowest BCUT2D eigenvalue weighted by Crippen LogP contribution is -2.41. The molecule has 0 radical (unpaired) electrons. The molecule has 0 N–H and O–H groups in total. The van der Waals surface area contributed by atoms with Crippen LogP contribution >= 0.6 is 0 Å². The highest BCUT2D eigenvalue weighted by molar-refractivity contribution is 6.62. The summed E-state index contributed by atoms with van der Waals surface area (Å²) in [7, 11) is -0.515. The van der Waals surface area contributed by atoms with E-state index >= 15 is 0 Å². The average Bonchev–Trinajstić information content (AvgIpc) is 3.16. The van der Waals surface area contributed by atoms with Crippen LogP contribution in [0.4, 0.5) is 0 Å². The van der Waals surface area contributed by atoms with Gasteiger partial charge in [-0.25, -0.2) is 0 Å². The van der Waals surface area contributed by atoms with Gasteiger partial charge in [0.05, 0.1) is 22.4 Å². The van der Waals surface area contributed by atoms with E-state index in [1.807, 2.05) is 0 Å². The van der Waals surface area contributed by atoms with E-state index in [4.69, 9.17) is 18.6 Å². The zero-order valence-electron chi connectivity index (χ0n) is 22.1. The summed E-state index contributed by atoms with van der Waals surface area (Å²) >= 11 is 0. The average molecular weight is 450 g/mol. The molecule has 2 heterocycles. The molecular weight excluding hydrogens is 410 g/mol. The van der Waals surface area contributed by atoms with Gasteiger partial charge in [-0.1, -0.05) is 44.2 Å². The molecule has 0 amide bonds. The minimum atomic E-state index is -0.334. The highest BCUT2D eigenvalue weighted by Gasteiger charge is 2.57. The van der Waals surface area contributed by atoms with Gasteiger partial charge in [0, 0.05) is 11.7 Å². The summed E-state index contributed by atoms with van der Waals surface area (Å²) in [5, 5.41) is 0. The van der Waals surface area contributed by atoms with Crippen molar-refractivity contribution in [2.45, 2.75) is 115 Å². The molecule has 0 saturated carbocycles. The van der Waals surface area contributed by atoms with Crippen LogP contribution in [0.15, 0.2) is 30.4 Å². The molecule has 33 heavy (non-hydrogen) atoms. The maximum atomic E-state index is 6.42. The van der Waals surface area contributed by atoms with E-state index in [0.29, 0.717) is 11.8 Å². The Bertz CT molecular complexity index is 962. The third kappa shape index (κ3) is 3.43. The smallest absolute Gasteiger partial charge is 0.403 e. The monoisotopic (exact) mass is 450 g/mol. The lowest BCUT2D eigenvalue weighted by molar-refractivity contribution is 0.00578. The summed E-state index contributed by atoms with van der Waals surface area (Å²) < 4.78 is 25.5. The minimum absolute atomic E-state index is 0.0479. The van der Waals surface area contributed by atoms with Gasteiger partial charge in [-0.05, 0) is 89.7 Å². The number of hydrogen-bond acceptors (Lipinski definition) is 4. The molecule has 1 aromatic carbocycles. The van der Waals surface area contributed by atoms with E-state index in [9.17, 15) is 0 Å². The summed E-state index contributed by atoms with van der Waals surface area (Å²) in [4.78, 5) is 0. The number of hydrogen-bond donors (Lipinski definition) is 0. The normalized spacial score (nSPS) is 34.4. The van der Waals surface area contributed by atoms with Crippen LogP contribution in [0.5, 0.6) is 0 Å². The second-order valence-corrected chi connectivity index (χ2v) is 13.2. The van der Waals surface area contributed by atoms with E-state index in [1.165, 1.54) is 11.1 Å². The lowest BCUT2D eigenvalue weighted by atomic mass is 9.59.